The lowest BCUT2D eigenvalue weighted by Gasteiger charge is -2.36. The third-order valence-electron chi connectivity index (χ3n) is 5.15. The van der Waals surface area contributed by atoms with E-state index in [-0.39, 0.29) is 18.0 Å². The Morgan fingerprint density at radius 2 is 2.14 bits per heavy atom. The Morgan fingerprint density at radius 3 is 2.86 bits per heavy atom. The van der Waals surface area contributed by atoms with Crippen LogP contribution in [-0.2, 0) is 0 Å². The van der Waals surface area contributed by atoms with E-state index in [9.17, 15) is 9.59 Å². The number of piperazine rings is 1. The van der Waals surface area contributed by atoms with Gasteiger partial charge in [0.25, 0.3) is 5.91 Å². The zero-order valence-electron chi connectivity index (χ0n) is 15.7. The number of nitrogens with zero attached hydrogens (tertiary/aromatic N) is 3. The lowest BCUT2D eigenvalue weighted by Crippen LogP contribution is -2.48. The number of methoxy groups -OCH3 is 1. The third-order valence-corrected chi connectivity index (χ3v) is 5.15. The predicted octanol–water partition coefficient (Wildman–Crippen LogP) is 1.41. The number of amides is 3. The average molecular weight is 381 g/mol. The van der Waals surface area contributed by atoms with Crippen molar-refractivity contribution < 1.29 is 14.3 Å². The van der Waals surface area contributed by atoms with E-state index >= 15 is 0 Å². The number of carbonyl (C=O) groups is 2. The number of urea groups is 1. The number of pyridine rings is 1. The van der Waals surface area contributed by atoms with Crippen molar-refractivity contribution >= 4 is 17.6 Å². The number of hydrogen-bond acceptors (Lipinski definition) is 5. The van der Waals surface area contributed by atoms with Gasteiger partial charge in [-0.3, -0.25) is 14.7 Å². The van der Waals surface area contributed by atoms with Crippen molar-refractivity contribution in [2.75, 3.05) is 44.7 Å². The molecule has 1 unspecified atom stereocenters. The molecule has 2 saturated heterocycles. The smallest absolute Gasteiger partial charge is 0.322 e. The molecule has 8 heteroatoms. The molecule has 0 bridgehead atoms. The van der Waals surface area contributed by atoms with E-state index < -0.39 is 0 Å². The Morgan fingerprint density at radius 1 is 1.25 bits per heavy atom. The number of carbonyl (C=O) groups excluding carboxylic acids is 2. The van der Waals surface area contributed by atoms with Gasteiger partial charge < -0.3 is 20.3 Å². The standard InChI is InChI=1S/C20H23N5O3/c1-28-18-5-4-14(11-16(18)25-10-8-23-20(25)27)19(26)24-9-7-22-13-17(24)15-3-2-6-21-12-15/h2-6,11-12,17,22H,7-10,13H2,1H3,(H,23,27). The second-order valence-corrected chi connectivity index (χ2v) is 6.78. The normalized spacial score (nSPS) is 19.5. The highest BCUT2D eigenvalue weighted by molar-refractivity contribution is 6.00. The molecule has 2 N–H and O–H groups in total. The van der Waals surface area contributed by atoms with Crippen molar-refractivity contribution in [3.63, 3.8) is 0 Å². The van der Waals surface area contributed by atoms with Crippen LogP contribution in [0.4, 0.5) is 10.5 Å². The van der Waals surface area contributed by atoms with Crippen LogP contribution in [0.1, 0.15) is 22.0 Å². The molecule has 1 aromatic carbocycles. The molecule has 0 saturated carbocycles. The fourth-order valence-electron chi connectivity index (χ4n) is 3.72. The lowest BCUT2D eigenvalue weighted by atomic mass is 10.0. The maximum atomic E-state index is 13.3. The number of rotatable bonds is 4. The summed E-state index contributed by atoms with van der Waals surface area (Å²) < 4.78 is 5.41. The zero-order chi connectivity index (χ0) is 19.5. The van der Waals surface area contributed by atoms with Crippen LogP contribution in [0, 0.1) is 0 Å². The van der Waals surface area contributed by atoms with Gasteiger partial charge in [0.15, 0.2) is 0 Å². The number of nitrogens with one attached hydrogen (secondary N) is 2. The first-order valence-corrected chi connectivity index (χ1v) is 9.34. The highest BCUT2D eigenvalue weighted by Gasteiger charge is 2.30. The van der Waals surface area contributed by atoms with Crippen LogP contribution in [0.2, 0.25) is 0 Å². The summed E-state index contributed by atoms with van der Waals surface area (Å²) in [5.41, 5.74) is 2.14. The lowest BCUT2D eigenvalue weighted by molar-refractivity contribution is 0.0634. The summed E-state index contributed by atoms with van der Waals surface area (Å²) in [6.45, 7) is 3.12. The molecule has 0 radical (unpaired) electrons. The predicted molar refractivity (Wildman–Crippen MR) is 105 cm³/mol. The van der Waals surface area contributed by atoms with Gasteiger partial charge >= 0.3 is 6.03 Å². The quantitative estimate of drug-likeness (QED) is 0.836. The minimum Gasteiger partial charge on any atom is -0.495 e. The fraction of sp³-hybridized carbons (Fsp3) is 0.350. The van der Waals surface area contributed by atoms with E-state index in [1.54, 1.807) is 42.6 Å². The van der Waals surface area contributed by atoms with Gasteiger partial charge in [0, 0.05) is 50.7 Å². The van der Waals surface area contributed by atoms with Crippen LogP contribution >= 0.6 is 0 Å². The number of aromatic nitrogens is 1. The minimum absolute atomic E-state index is 0.0705. The molecule has 0 aliphatic carbocycles. The van der Waals surface area contributed by atoms with Gasteiger partial charge in [-0.2, -0.15) is 0 Å². The summed E-state index contributed by atoms with van der Waals surface area (Å²) in [6.07, 6.45) is 3.52. The summed E-state index contributed by atoms with van der Waals surface area (Å²) in [5.74, 6) is 0.497. The van der Waals surface area contributed by atoms with E-state index in [4.69, 9.17) is 4.74 Å². The van der Waals surface area contributed by atoms with Gasteiger partial charge in [0.1, 0.15) is 5.75 Å². The van der Waals surface area contributed by atoms with Gasteiger partial charge in [-0.15, -0.1) is 0 Å². The molecule has 2 aliphatic rings. The molecule has 2 aromatic rings. The molecule has 2 aliphatic heterocycles. The fourth-order valence-corrected chi connectivity index (χ4v) is 3.72. The Hall–Kier alpha value is -3.13. The first-order chi connectivity index (χ1) is 13.7. The summed E-state index contributed by atoms with van der Waals surface area (Å²) in [7, 11) is 1.56. The molecule has 8 nitrogen and oxygen atoms in total. The molecule has 3 amide bonds. The first kappa shape index (κ1) is 18.2. The van der Waals surface area contributed by atoms with Crippen molar-refractivity contribution in [3.05, 3.63) is 53.9 Å². The Balaban J connectivity index is 1.66. The largest absolute Gasteiger partial charge is 0.495 e. The van der Waals surface area contributed by atoms with E-state index in [2.05, 4.69) is 15.6 Å². The summed E-state index contributed by atoms with van der Waals surface area (Å²) >= 11 is 0. The Kier molecular flexibility index (Phi) is 5.12. The number of hydrogen-bond donors (Lipinski definition) is 2. The third kappa shape index (κ3) is 3.38. The summed E-state index contributed by atoms with van der Waals surface area (Å²) in [4.78, 5) is 33.1. The molecule has 0 spiro atoms. The molecule has 3 heterocycles. The Labute approximate surface area is 163 Å². The van der Waals surface area contributed by atoms with Crippen LogP contribution in [-0.4, -0.2) is 61.7 Å². The van der Waals surface area contributed by atoms with Crippen LogP contribution < -0.4 is 20.3 Å². The van der Waals surface area contributed by atoms with Crippen molar-refractivity contribution in [2.45, 2.75) is 6.04 Å². The van der Waals surface area contributed by atoms with Gasteiger partial charge in [0.2, 0.25) is 0 Å². The average Bonchev–Trinajstić information content (AvgIpc) is 3.19. The molecule has 1 aromatic heterocycles. The van der Waals surface area contributed by atoms with Crippen LogP contribution in [0.5, 0.6) is 5.75 Å². The monoisotopic (exact) mass is 381 g/mol. The first-order valence-electron chi connectivity index (χ1n) is 9.34. The van der Waals surface area contributed by atoms with Crippen LogP contribution in [0.25, 0.3) is 0 Å². The summed E-state index contributed by atoms with van der Waals surface area (Å²) in [6, 6.07) is 8.84. The van der Waals surface area contributed by atoms with Crippen molar-refractivity contribution in [3.8, 4) is 5.75 Å². The zero-order valence-corrected chi connectivity index (χ0v) is 15.7. The van der Waals surface area contributed by atoms with E-state index in [0.29, 0.717) is 43.2 Å². The second kappa shape index (κ2) is 7.85. The highest BCUT2D eigenvalue weighted by atomic mass is 16.5. The van der Waals surface area contributed by atoms with Crippen molar-refractivity contribution in [2.24, 2.45) is 0 Å². The number of ether oxygens (including phenoxy) is 1. The highest BCUT2D eigenvalue weighted by Crippen LogP contribution is 2.32. The molecule has 4 rings (SSSR count). The van der Waals surface area contributed by atoms with Gasteiger partial charge in [0.05, 0.1) is 18.8 Å². The van der Waals surface area contributed by atoms with Gasteiger partial charge in [-0.05, 0) is 29.8 Å². The van der Waals surface area contributed by atoms with E-state index in [0.717, 1.165) is 12.1 Å². The molecular formula is C20H23N5O3. The SMILES string of the molecule is COc1ccc(C(=O)N2CCNCC2c2cccnc2)cc1N1CCNC1=O. The van der Waals surface area contributed by atoms with Crippen molar-refractivity contribution in [1.82, 2.24) is 20.5 Å². The van der Waals surface area contributed by atoms with Crippen LogP contribution in [0.15, 0.2) is 42.7 Å². The van der Waals surface area contributed by atoms with Crippen LogP contribution in [0.3, 0.4) is 0 Å². The minimum atomic E-state index is -0.182. The maximum Gasteiger partial charge on any atom is 0.322 e. The topological polar surface area (TPSA) is 86.8 Å². The Bertz CT molecular complexity index is 873. The van der Waals surface area contributed by atoms with Gasteiger partial charge in [-0.25, -0.2) is 4.79 Å². The molecular weight excluding hydrogens is 358 g/mol. The van der Waals surface area contributed by atoms with E-state index in [1.807, 2.05) is 17.0 Å². The number of benzene rings is 1. The second-order valence-electron chi connectivity index (χ2n) is 6.78. The van der Waals surface area contributed by atoms with Gasteiger partial charge in [-0.1, -0.05) is 6.07 Å². The molecule has 1 atom stereocenters. The molecule has 146 valence electrons. The molecule has 28 heavy (non-hydrogen) atoms. The molecule has 2 fully saturated rings. The number of anilines is 1. The van der Waals surface area contributed by atoms with E-state index in [1.165, 1.54) is 0 Å². The maximum absolute atomic E-state index is 13.3. The summed E-state index contributed by atoms with van der Waals surface area (Å²) in [5, 5.41) is 6.13. The van der Waals surface area contributed by atoms with Crippen molar-refractivity contribution in [1.29, 1.82) is 0 Å².